The molecule has 3 nitrogen and oxygen atoms in total. The molecule has 0 radical (unpaired) electrons. The van der Waals surface area contributed by atoms with Crippen molar-refractivity contribution in [2.45, 2.75) is 12.5 Å². The summed E-state index contributed by atoms with van der Waals surface area (Å²) >= 11 is 0. The highest BCUT2D eigenvalue weighted by molar-refractivity contribution is 5.44. The number of aromatic nitrogens is 1. The second kappa shape index (κ2) is 4.93. The van der Waals surface area contributed by atoms with Gasteiger partial charge in [-0.1, -0.05) is 6.07 Å². The molecule has 1 heterocycles. The number of rotatable bonds is 3. The zero-order valence-corrected chi connectivity index (χ0v) is 10.5. The van der Waals surface area contributed by atoms with Crippen LogP contribution >= 0.6 is 0 Å². The van der Waals surface area contributed by atoms with Crippen molar-refractivity contribution in [2.75, 3.05) is 7.11 Å². The molecule has 0 bridgehead atoms. The third kappa shape index (κ3) is 2.29. The Hall–Kier alpha value is -2.01. The van der Waals surface area contributed by atoms with Crippen LogP contribution in [-0.2, 0) is 5.60 Å². The van der Waals surface area contributed by atoms with Gasteiger partial charge in [-0.15, -0.1) is 0 Å². The van der Waals surface area contributed by atoms with Gasteiger partial charge < -0.3 is 9.84 Å². The monoisotopic (exact) mass is 265 g/mol. The lowest BCUT2D eigenvalue weighted by molar-refractivity contribution is 0.0902. The van der Waals surface area contributed by atoms with Crippen molar-refractivity contribution in [3.05, 3.63) is 59.4 Å². The highest BCUT2D eigenvalue weighted by Gasteiger charge is 2.34. The number of hydrogen-bond acceptors (Lipinski definition) is 3. The maximum Gasteiger partial charge on any atom is 0.147 e. The van der Waals surface area contributed by atoms with E-state index in [1.54, 1.807) is 0 Å². The standard InChI is InChI=1S/C14H13F2NO2/c1-14(18,9-6-7-17-8-11(9)16)13-10(15)4-3-5-12(13)19-2/h3-8,18H,1-2H3. The van der Waals surface area contributed by atoms with Gasteiger partial charge in [-0.25, -0.2) is 8.78 Å². The molecule has 0 saturated heterocycles. The minimum Gasteiger partial charge on any atom is -0.496 e. The van der Waals surface area contributed by atoms with Gasteiger partial charge in [0.2, 0.25) is 0 Å². The molecule has 1 N–H and O–H groups in total. The number of methoxy groups -OCH3 is 1. The lowest BCUT2D eigenvalue weighted by atomic mass is 9.87. The second-order valence-electron chi connectivity index (χ2n) is 4.24. The van der Waals surface area contributed by atoms with Crippen LogP contribution in [0.15, 0.2) is 36.7 Å². The van der Waals surface area contributed by atoms with Crippen molar-refractivity contribution in [3.8, 4) is 5.75 Å². The van der Waals surface area contributed by atoms with Crippen LogP contribution in [0, 0.1) is 11.6 Å². The Labute approximate surface area is 109 Å². The fourth-order valence-electron chi connectivity index (χ4n) is 2.05. The van der Waals surface area contributed by atoms with Crippen LogP contribution < -0.4 is 4.74 Å². The van der Waals surface area contributed by atoms with Gasteiger partial charge in [-0.2, -0.15) is 0 Å². The van der Waals surface area contributed by atoms with Gasteiger partial charge in [-0.3, -0.25) is 4.98 Å². The van der Waals surface area contributed by atoms with Gasteiger partial charge in [0.15, 0.2) is 0 Å². The summed E-state index contributed by atoms with van der Waals surface area (Å²) < 4.78 is 32.8. The van der Waals surface area contributed by atoms with Gasteiger partial charge in [0, 0.05) is 11.8 Å². The Kier molecular flexibility index (Phi) is 3.48. The Morgan fingerprint density at radius 1 is 1.21 bits per heavy atom. The number of hydrogen-bond donors (Lipinski definition) is 1. The number of halogens is 2. The summed E-state index contributed by atoms with van der Waals surface area (Å²) in [5.74, 6) is -1.22. The van der Waals surface area contributed by atoms with Gasteiger partial charge in [0.25, 0.3) is 0 Å². The summed E-state index contributed by atoms with van der Waals surface area (Å²) in [6, 6.07) is 5.45. The molecule has 0 aliphatic heterocycles. The van der Waals surface area contributed by atoms with E-state index in [1.807, 2.05) is 0 Å². The fraction of sp³-hybridized carbons (Fsp3) is 0.214. The van der Waals surface area contributed by atoms with Crippen molar-refractivity contribution in [1.29, 1.82) is 0 Å². The van der Waals surface area contributed by atoms with Crippen LogP contribution in [0.3, 0.4) is 0 Å². The molecule has 1 aromatic heterocycles. The molecule has 5 heteroatoms. The van der Waals surface area contributed by atoms with Gasteiger partial charge in [0.05, 0.1) is 18.9 Å². The van der Waals surface area contributed by atoms with E-state index in [4.69, 9.17) is 4.74 Å². The number of nitrogens with zero attached hydrogens (tertiary/aromatic N) is 1. The zero-order chi connectivity index (χ0) is 14.0. The van der Waals surface area contributed by atoms with E-state index >= 15 is 0 Å². The van der Waals surface area contributed by atoms with Crippen molar-refractivity contribution >= 4 is 0 Å². The average Bonchev–Trinajstić information content (AvgIpc) is 2.38. The smallest absolute Gasteiger partial charge is 0.147 e. The third-order valence-corrected chi connectivity index (χ3v) is 2.98. The molecule has 0 spiro atoms. The molecule has 0 saturated carbocycles. The van der Waals surface area contributed by atoms with Crippen molar-refractivity contribution < 1.29 is 18.6 Å². The maximum atomic E-state index is 14.0. The van der Waals surface area contributed by atoms with Gasteiger partial charge >= 0.3 is 0 Å². The van der Waals surface area contributed by atoms with E-state index in [0.717, 1.165) is 6.20 Å². The van der Waals surface area contributed by atoms with Crippen LogP contribution in [-0.4, -0.2) is 17.2 Å². The molecule has 2 rings (SSSR count). The predicted molar refractivity (Wildman–Crippen MR) is 65.8 cm³/mol. The molecule has 1 atom stereocenters. The fourth-order valence-corrected chi connectivity index (χ4v) is 2.05. The minimum atomic E-state index is -1.86. The molecular formula is C14H13F2NO2. The number of aliphatic hydroxyl groups is 1. The van der Waals surface area contributed by atoms with Crippen LogP contribution in [0.25, 0.3) is 0 Å². The summed E-state index contributed by atoms with van der Waals surface area (Å²) in [6.07, 6.45) is 2.30. The molecule has 2 aromatic rings. The Morgan fingerprint density at radius 3 is 2.58 bits per heavy atom. The topological polar surface area (TPSA) is 42.4 Å². The summed E-state index contributed by atoms with van der Waals surface area (Å²) in [7, 11) is 1.36. The lowest BCUT2D eigenvalue weighted by Crippen LogP contribution is -2.26. The Balaban J connectivity index is 2.66. The molecule has 0 aliphatic rings. The molecule has 1 aromatic carbocycles. The summed E-state index contributed by atoms with van der Waals surface area (Å²) in [5.41, 5.74) is -2.03. The normalized spacial score (nSPS) is 13.9. The van der Waals surface area contributed by atoms with E-state index in [1.165, 1.54) is 44.5 Å². The molecule has 100 valence electrons. The zero-order valence-electron chi connectivity index (χ0n) is 10.5. The number of pyridine rings is 1. The first-order valence-corrected chi connectivity index (χ1v) is 5.64. The largest absolute Gasteiger partial charge is 0.496 e. The Morgan fingerprint density at radius 2 is 1.95 bits per heavy atom. The molecular weight excluding hydrogens is 252 g/mol. The first-order valence-electron chi connectivity index (χ1n) is 5.64. The molecule has 19 heavy (non-hydrogen) atoms. The average molecular weight is 265 g/mol. The molecule has 0 aliphatic carbocycles. The first-order chi connectivity index (χ1) is 8.98. The minimum absolute atomic E-state index is 0.0640. The highest BCUT2D eigenvalue weighted by atomic mass is 19.1. The second-order valence-corrected chi connectivity index (χ2v) is 4.24. The van der Waals surface area contributed by atoms with Gasteiger partial charge in [0.1, 0.15) is 23.0 Å². The van der Waals surface area contributed by atoms with Crippen LogP contribution in [0.4, 0.5) is 8.78 Å². The van der Waals surface area contributed by atoms with E-state index in [9.17, 15) is 13.9 Å². The summed E-state index contributed by atoms with van der Waals surface area (Å²) in [6.45, 7) is 1.31. The SMILES string of the molecule is COc1cccc(F)c1C(C)(O)c1ccncc1F. The van der Waals surface area contributed by atoms with E-state index in [-0.39, 0.29) is 16.9 Å². The lowest BCUT2D eigenvalue weighted by Gasteiger charge is -2.26. The predicted octanol–water partition coefficient (Wildman–Crippen LogP) is 2.62. The first kappa shape index (κ1) is 13.4. The van der Waals surface area contributed by atoms with Crippen LogP contribution in [0.5, 0.6) is 5.75 Å². The summed E-state index contributed by atoms with van der Waals surface area (Å²) in [4.78, 5) is 3.61. The van der Waals surface area contributed by atoms with Crippen LogP contribution in [0.1, 0.15) is 18.1 Å². The van der Waals surface area contributed by atoms with E-state index in [2.05, 4.69) is 4.98 Å². The van der Waals surface area contributed by atoms with Crippen molar-refractivity contribution in [3.63, 3.8) is 0 Å². The van der Waals surface area contributed by atoms with Crippen molar-refractivity contribution in [2.24, 2.45) is 0 Å². The Bertz CT molecular complexity index is 600. The molecule has 1 unspecified atom stereocenters. The maximum absolute atomic E-state index is 14.0. The third-order valence-electron chi connectivity index (χ3n) is 2.98. The van der Waals surface area contributed by atoms with Crippen molar-refractivity contribution in [1.82, 2.24) is 4.98 Å². The number of ether oxygens (including phenoxy) is 1. The van der Waals surface area contributed by atoms with E-state index in [0.29, 0.717) is 0 Å². The molecule has 0 amide bonds. The number of benzene rings is 1. The van der Waals surface area contributed by atoms with E-state index < -0.39 is 17.2 Å². The molecule has 0 fully saturated rings. The summed E-state index contributed by atoms with van der Waals surface area (Å²) in [5, 5.41) is 10.5. The van der Waals surface area contributed by atoms with Crippen LogP contribution in [0.2, 0.25) is 0 Å². The highest BCUT2D eigenvalue weighted by Crippen LogP contribution is 2.37. The van der Waals surface area contributed by atoms with Gasteiger partial charge in [-0.05, 0) is 25.1 Å². The quantitative estimate of drug-likeness (QED) is 0.927.